The van der Waals surface area contributed by atoms with E-state index in [0.717, 1.165) is 46.5 Å². The highest BCUT2D eigenvalue weighted by Gasteiger charge is 2.15. The number of thioether (sulfide) groups is 1. The molecular formula is C20H19ClN4OS2. The van der Waals surface area contributed by atoms with Crippen LogP contribution in [0.1, 0.15) is 5.69 Å². The first-order valence-electron chi connectivity index (χ1n) is 8.96. The van der Waals surface area contributed by atoms with Gasteiger partial charge in [0.05, 0.1) is 22.8 Å². The van der Waals surface area contributed by atoms with Crippen LogP contribution in [0.5, 0.6) is 0 Å². The van der Waals surface area contributed by atoms with Crippen LogP contribution >= 0.6 is 34.7 Å². The zero-order chi connectivity index (χ0) is 19.3. The average Bonchev–Trinajstić information content (AvgIpc) is 3.18. The molecule has 4 rings (SSSR count). The molecule has 1 aliphatic rings. The Hall–Kier alpha value is -2.09. The molecule has 1 N–H and O–H groups in total. The fourth-order valence-corrected chi connectivity index (χ4v) is 5.04. The van der Waals surface area contributed by atoms with Crippen LogP contribution in [-0.2, 0) is 11.2 Å². The maximum absolute atomic E-state index is 12.4. The fourth-order valence-electron chi connectivity index (χ4n) is 3.03. The summed E-state index contributed by atoms with van der Waals surface area (Å²) in [7, 11) is 0. The molecule has 0 saturated carbocycles. The second-order valence-corrected chi connectivity index (χ2v) is 8.87. The van der Waals surface area contributed by atoms with Crippen molar-refractivity contribution in [3.05, 3.63) is 58.8 Å². The first-order valence-corrected chi connectivity index (χ1v) is 11.4. The van der Waals surface area contributed by atoms with Crippen LogP contribution in [0.2, 0.25) is 5.02 Å². The van der Waals surface area contributed by atoms with Gasteiger partial charge in [-0.1, -0.05) is 11.6 Å². The van der Waals surface area contributed by atoms with E-state index >= 15 is 0 Å². The summed E-state index contributed by atoms with van der Waals surface area (Å²) >= 11 is 9.93. The summed E-state index contributed by atoms with van der Waals surface area (Å²) in [6, 6.07) is 9.54. The highest BCUT2D eigenvalue weighted by Crippen LogP contribution is 2.30. The van der Waals surface area contributed by atoms with E-state index in [0.29, 0.717) is 10.7 Å². The number of aromatic nitrogens is 2. The number of rotatable bonds is 5. The molecule has 1 amide bonds. The van der Waals surface area contributed by atoms with Crippen molar-refractivity contribution in [1.29, 1.82) is 0 Å². The second-order valence-electron chi connectivity index (χ2n) is 6.38. The molecule has 2 aromatic heterocycles. The van der Waals surface area contributed by atoms with Crippen LogP contribution in [0.3, 0.4) is 0 Å². The Labute approximate surface area is 177 Å². The molecule has 3 heterocycles. The van der Waals surface area contributed by atoms with Crippen molar-refractivity contribution in [2.75, 3.05) is 34.8 Å². The number of nitrogens with zero attached hydrogens (tertiary/aromatic N) is 3. The molecule has 0 atom stereocenters. The van der Waals surface area contributed by atoms with Gasteiger partial charge in [0, 0.05) is 53.6 Å². The summed E-state index contributed by atoms with van der Waals surface area (Å²) in [6.45, 7) is 2.00. The van der Waals surface area contributed by atoms with Crippen molar-refractivity contribution >= 4 is 52.0 Å². The SMILES string of the molecule is O=C(Cc1csc(-c2cccnc2)n1)Nc1ccc(N2CCSCC2)c(Cl)c1. The number of halogens is 1. The Kier molecular flexibility index (Phi) is 6.14. The van der Waals surface area contributed by atoms with Gasteiger partial charge in [-0.2, -0.15) is 11.8 Å². The predicted molar refractivity (Wildman–Crippen MR) is 119 cm³/mol. The second kappa shape index (κ2) is 8.94. The number of nitrogens with one attached hydrogen (secondary N) is 1. The number of thiazole rings is 1. The summed E-state index contributed by atoms with van der Waals surface area (Å²) in [4.78, 5) is 23.3. The highest BCUT2D eigenvalue weighted by molar-refractivity contribution is 7.99. The maximum Gasteiger partial charge on any atom is 0.230 e. The average molecular weight is 431 g/mol. The fraction of sp³-hybridized carbons (Fsp3) is 0.250. The number of carbonyl (C=O) groups is 1. The third-order valence-electron chi connectivity index (χ3n) is 4.39. The number of hydrogen-bond acceptors (Lipinski definition) is 6. The Bertz CT molecular complexity index is 958. The van der Waals surface area contributed by atoms with E-state index in [-0.39, 0.29) is 12.3 Å². The molecule has 28 heavy (non-hydrogen) atoms. The Balaban J connectivity index is 1.39. The molecule has 144 valence electrons. The van der Waals surface area contributed by atoms with Crippen LogP contribution in [0, 0.1) is 0 Å². The zero-order valence-electron chi connectivity index (χ0n) is 15.1. The van der Waals surface area contributed by atoms with Gasteiger partial charge in [0.2, 0.25) is 5.91 Å². The van der Waals surface area contributed by atoms with Gasteiger partial charge in [-0.3, -0.25) is 9.78 Å². The minimum absolute atomic E-state index is 0.110. The number of benzene rings is 1. The van der Waals surface area contributed by atoms with Crippen LogP contribution in [0.15, 0.2) is 48.1 Å². The van der Waals surface area contributed by atoms with Crippen molar-refractivity contribution in [2.24, 2.45) is 0 Å². The van der Waals surface area contributed by atoms with Gasteiger partial charge in [-0.05, 0) is 30.3 Å². The number of amides is 1. The molecule has 1 aromatic carbocycles. The summed E-state index contributed by atoms with van der Waals surface area (Å²) in [5.41, 5.74) is 3.43. The zero-order valence-corrected chi connectivity index (χ0v) is 17.5. The van der Waals surface area contributed by atoms with Crippen molar-refractivity contribution in [3.63, 3.8) is 0 Å². The van der Waals surface area contributed by atoms with Crippen LogP contribution in [0.25, 0.3) is 10.6 Å². The first kappa shape index (κ1) is 19.2. The first-order chi connectivity index (χ1) is 13.7. The van der Waals surface area contributed by atoms with Crippen molar-refractivity contribution in [1.82, 2.24) is 9.97 Å². The molecular weight excluding hydrogens is 412 g/mol. The molecule has 1 saturated heterocycles. The third-order valence-corrected chi connectivity index (χ3v) is 6.57. The molecule has 0 radical (unpaired) electrons. The minimum atomic E-state index is -0.110. The van der Waals surface area contributed by atoms with E-state index < -0.39 is 0 Å². The van der Waals surface area contributed by atoms with Crippen molar-refractivity contribution in [2.45, 2.75) is 6.42 Å². The van der Waals surface area contributed by atoms with E-state index in [2.05, 4.69) is 20.2 Å². The molecule has 0 aliphatic carbocycles. The van der Waals surface area contributed by atoms with Gasteiger partial charge in [0.25, 0.3) is 0 Å². The Morgan fingerprint density at radius 3 is 2.86 bits per heavy atom. The quantitative estimate of drug-likeness (QED) is 0.641. The van der Waals surface area contributed by atoms with Gasteiger partial charge in [0.1, 0.15) is 5.01 Å². The van der Waals surface area contributed by atoms with E-state index in [1.807, 2.05) is 47.5 Å². The Morgan fingerprint density at radius 2 is 2.11 bits per heavy atom. The molecule has 8 heteroatoms. The summed E-state index contributed by atoms with van der Waals surface area (Å²) in [5.74, 6) is 2.12. The minimum Gasteiger partial charge on any atom is -0.369 e. The van der Waals surface area contributed by atoms with E-state index in [1.54, 1.807) is 12.4 Å². The van der Waals surface area contributed by atoms with Crippen LogP contribution < -0.4 is 10.2 Å². The van der Waals surface area contributed by atoms with Crippen molar-refractivity contribution in [3.8, 4) is 10.6 Å². The molecule has 1 aliphatic heterocycles. The molecule has 0 bridgehead atoms. The number of hydrogen-bond donors (Lipinski definition) is 1. The normalized spacial score (nSPS) is 14.1. The van der Waals surface area contributed by atoms with Gasteiger partial charge < -0.3 is 10.2 Å². The van der Waals surface area contributed by atoms with E-state index in [1.165, 1.54) is 11.3 Å². The third kappa shape index (κ3) is 4.66. The lowest BCUT2D eigenvalue weighted by Crippen LogP contribution is -2.32. The van der Waals surface area contributed by atoms with Crippen LogP contribution in [0.4, 0.5) is 11.4 Å². The maximum atomic E-state index is 12.4. The molecule has 0 spiro atoms. The topological polar surface area (TPSA) is 58.1 Å². The molecule has 1 fully saturated rings. The van der Waals surface area contributed by atoms with Gasteiger partial charge >= 0.3 is 0 Å². The smallest absolute Gasteiger partial charge is 0.230 e. The summed E-state index contributed by atoms with van der Waals surface area (Å²) in [6.07, 6.45) is 3.72. The molecule has 3 aromatic rings. The lowest BCUT2D eigenvalue weighted by Gasteiger charge is -2.29. The Morgan fingerprint density at radius 1 is 1.25 bits per heavy atom. The number of pyridine rings is 1. The highest BCUT2D eigenvalue weighted by atomic mass is 35.5. The van der Waals surface area contributed by atoms with E-state index in [4.69, 9.17) is 11.6 Å². The summed E-state index contributed by atoms with van der Waals surface area (Å²) < 4.78 is 0. The summed E-state index contributed by atoms with van der Waals surface area (Å²) in [5, 5.41) is 6.35. The van der Waals surface area contributed by atoms with Gasteiger partial charge in [-0.25, -0.2) is 4.98 Å². The molecule has 5 nitrogen and oxygen atoms in total. The van der Waals surface area contributed by atoms with Crippen LogP contribution in [-0.4, -0.2) is 40.5 Å². The van der Waals surface area contributed by atoms with Gasteiger partial charge in [0.15, 0.2) is 0 Å². The van der Waals surface area contributed by atoms with Crippen molar-refractivity contribution < 1.29 is 4.79 Å². The number of carbonyl (C=O) groups excluding carboxylic acids is 1. The monoisotopic (exact) mass is 430 g/mol. The molecule has 0 unspecified atom stereocenters. The lowest BCUT2D eigenvalue weighted by atomic mass is 10.2. The van der Waals surface area contributed by atoms with E-state index in [9.17, 15) is 4.79 Å². The number of anilines is 2. The standard InChI is InChI=1S/C20H19ClN4OS2/c21-17-10-15(3-4-18(17)25-6-8-27-9-7-25)23-19(26)11-16-13-28-20(24-16)14-2-1-5-22-12-14/h1-5,10,12-13H,6-9,11H2,(H,23,26). The largest absolute Gasteiger partial charge is 0.369 e. The lowest BCUT2D eigenvalue weighted by molar-refractivity contribution is -0.115. The van der Waals surface area contributed by atoms with Gasteiger partial charge in [-0.15, -0.1) is 11.3 Å². The predicted octanol–water partition coefficient (Wildman–Crippen LogP) is 4.59.